The van der Waals surface area contributed by atoms with Crippen LogP contribution in [0, 0.1) is 0 Å². The summed E-state index contributed by atoms with van der Waals surface area (Å²) >= 11 is 0. The second-order valence-electron chi connectivity index (χ2n) is 5.04. The van der Waals surface area contributed by atoms with Crippen LogP contribution < -0.4 is 5.32 Å². The van der Waals surface area contributed by atoms with Gasteiger partial charge in [-0.15, -0.1) is 10.2 Å². The highest BCUT2D eigenvalue weighted by atomic mass is 16.2. The Hall–Kier alpha value is -2.96. The first-order chi connectivity index (χ1) is 10.7. The Morgan fingerprint density at radius 2 is 1.82 bits per heavy atom. The number of rotatable bonds is 4. The Bertz CT molecular complexity index is 687. The molecule has 1 aromatic carbocycles. The molecule has 0 unspecified atom stereocenters. The SMILES string of the molecule is C=CC(=O)Nc1ccc(C(=O)N2CC(n3cnnc3)C2)cc1. The van der Waals surface area contributed by atoms with Crippen molar-refractivity contribution in [2.45, 2.75) is 6.04 Å². The number of carbonyl (C=O) groups excluding carboxylic acids is 2. The first-order valence-electron chi connectivity index (χ1n) is 6.84. The number of hydrogen-bond donors (Lipinski definition) is 1. The van der Waals surface area contributed by atoms with E-state index in [-0.39, 0.29) is 17.9 Å². The summed E-state index contributed by atoms with van der Waals surface area (Å²) < 4.78 is 1.90. The zero-order chi connectivity index (χ0) is 15.5. The van der Waals surface area contributed by atoms with Gasteiger partial charge in [0.15, 0.2) is 0 Å². The Morgan fingerprint density at radius 1 is 1.18 bits per heavy atom. The molecule has 0 radical (unpaired) electrons. The van der Waals surface area contributed by atoms with E-state index in [1.165, 1.54) is 6.08 Å². The van der Waals surface area contributed by atoms with Gasteiger partial charge in [0.1, 0.15) is 12.7 Å². The Labute approximate surface area is 127 Å². The summed E-state index contributed by atoms with van der Waals surface area (Å²) in [6, 6.07) is 7.04. The Morgan fingerprint density at radius 3 is 2.41 bits per heavy atom. The maximum absolute atomic E-state index is 12.3. The number of nitrogens with one attached hydrogen (secondary N) is 1. The van der Waals surface area contributed by atoms with Gasteiger partial charge in [-0.1, -0.05) is 6.58 Å². The maximum atomic E-state index is 12.3. The third-order valence-electron chi connectivity index (χ3n) is 3.59. The lowest BCUT2D eigenvalue weighted by Gasteiger charge is -2.39. The number of benzene rings is 1. The quantitative estimate of drug-likeness (QED) is 0.857. The minimum absolute atomic E-state index is 0.0223. The van der Waals surface area contributed by atoms with Crippen LogP contribution in [-0.4, -0.2) is 44.6 Å². The van der Waals surface area contributed by atoms with E-state index in [4.69, 9.17) is 0 Å². The molecule has 1 N–H and O–H groups in total. The molecular weight excluding hydrogens is 282 g/mol. The monoisotopic (exact) mass is 297 g/mol. The number of amides is 2. The van der Waals surface area contributed by atoms with Crippen molar-refractivity contribution >= 4 is 17.5 Å². The van der Waals surface area contributed by atoms with Crippen LogP contribution in [0.1, 0.15) is 16.4 Å². The van der Waals surface area contributed by atoms with Crippen LogP contribution in [0.2, 0.25) is 0 Å². The van der Waals surface area contributed by atoms with Crippen molar-refractivity contribution in [2.75, 3.05) is 18.4 Å². The Balaban J connectivity index is 1.59. The molecule has 7 nitrogen and oxygen atoms in total. The van der Waals surface area contributed by atoms with Crippen molar-refractivity contribution < 1.29 is 9.59 Å². The maximum Gasteiger partial charge on any atom is 0.253 e. The Kier molecular flexibility index (Phi) is 3.69. The fraction of sp³-hybridized carbons (Fsp3) is 0.200. The highest BCUT2D eigenvalue weighted by molar-refractivity contribution is 5.99. The van der Waals surface area contributed by atoms with Crippen molar-refractivity contribution in [3.8, 4) is 0 Å². The summed E-state index contributed by atoms with van der Waals surface area (Å²) in [4.78, 5) is 25.3. The van der Waals surface area contributed by atoms with E-state index in [1.807, 2.05) is 4.57 Å². The van der Waals surface area contributed by atoms with E-state index in [0.717, 1.165) is 0 Å². The topological polar surface area (TPSA) is 80.1 Å². The molecule has 0 aliphatic carbocycles. The summed E-state index contributed by atoms with van der Waals surface area (Å²) in [5, 5.41) is 10.2. The molecule has 7 heteroatoms. The van der Waals surface area contributed by atoms with Gasteiger partial charge in [-0.2, -0.15) is 0 Å². The van der Waals surface area contributed by atoms with Gasteiger partial charge in [0.2, 0.25) is 5.91 Å². The van der Waals surface area contributed by atoms with E-state index in [1.54, 1.807) is 41.8 Å². The van der Waals surface area contributed by atoms with Crippen LogP contribution in [0.3, 0.4) is 0 Å². The van der Waals surface area contributed by atoms with E-state index in [0.29, 0.717) is 24.3 Å². The molecule has 0 atom stereocenters. The number of nitrogens with zero attached hydrogens (tertiary/aromatic N) is 4. The number of aromatic nitrogens is 3. The van der Waals surface area contributed by atoms with Gasteiger partial charge in [-0.25, -0.2) is 0 Å². The number of anilines is 1. The predicted octanol–water partition coefficient (Wildman–Crippen LogP) is 1.10. The van der Waals surface area contributed by atoms with Crippen molar-refractivity contribution in [1.29, 1.82) is 0 Å². The fourth-order valence-corrected chi connectivity index (χ4v) is 2.28. The lowest BCUT2D eigenvalue weighted by atomic mass is 10.1. The van der Waals surface area contributed by atoms with Crippen molar-refractivity contribution in [2.24, 2.45) is 0 Å². The molecule has 1 saturated heterocycles. The molecule has 112 valence electrons. The highest BCUT2D eigenvalue weighted by Crippen LogP contribution is 2.23. The lowest BCUT2D eigenvalue weighted by Crippen LogP contribution is -2.50. The number of hydrogen-bond acceptors (Lipinski definition) is 4. The van der Waals surface area contributed by atoms with Gasteiger partial charge in [0.05, 0.1) is 6.04 Å². The molecule has 1 fully saturated rings. The van der Waals surface area contributed by atoms with Gasteiger partial charge in [0, 0.05) is 24.3 Å². The molecule has 2 aromatic rings. The minimum Gasteiger partial charge on any atom is -0.334 e. The van der Waals surface area contributed by atoms with Gasteiger partial charge >= 0.3 is 0 Å². The summed E-state index contributed by atoms with van der Waals surface area (Å²) in [6.45, 7) is 4.68. The van der Waals surface area contributed by atoms with Gasteiger partial charge < -0.3 is 14.8 Å². The standard InChI is InChI=1S/C15H15N5O2/c1-2-14(21)18-12-5-3-11(4-6-12)15(22)19-7-13(8-19)20-9-16-17-10-20/h2-6,9-10,13H,1,7-8H2,(H,18,21). The molecule has 1 aliphatic rings. The second kappa shape index (κ2) is 5.80. The summed E-state index contributed by atoms with van der Waals surface area (Å²) in [5.74, 6) is -0.301. The minimum atomic E-state index is -0.279. The molecular formula is C15H15N5O2. The van der Waals surface area contributed by atoms with Crippen molar-refractivity contribution in [3.63, 3.8) is 0 Å². The van der Waals surface area contributed by atoms with Crippen LogP contribution in [0.5, 0.6) is 0 Å². The number of likely N-dealkylation sites (tertiary alicyclic amines) is 1. The van der Waals surface area contributed by atoms with E-state index in [2.05, 4.69) is 22.1 Å². The van der Waals surface area contributed by atoms with Crippen LogP contribution in [0.25, 0.3) is 0 Å². The summed E-state index contributed by atoms with van der Waals surface area (Å²) in [7, 11) is 0. The van der Waals surface area contributed by atoms with Crippen molar-refractivity contribution in [1.82, 2.24) is 19.7 Å². The number of carbonyl (C=O) groups is 2. The van der Waals surface area contributed by atoms with E-state index >= 15 is 0 Å². The normalized spacial score (nSPS) is 14.3. The van der Waals surface area contributed by atoms with Crippen molar-refractivity contribution in [3.05, 3.63) is 55.1 Å². The molecule has 0 saturated carbocycles. The smallest absolute Gasteiger partial charge is 0.253 e. The summed E-state index contributed by atoms with van der Waals surface area (Å²) in [6.07, 6.45) is 4.51. The van der Waals surface area contributed by atoms with Crippen LogP contribution in [0.4, 0.5) is 5.69 Å². The van der Waals surface area contributed by atoms with E-state index in [9.17, 15) is 9.59 Å². The van der Waals surface area contributed by atoms with Crippen LogP contribution in [-0.2, 0) is 4.79 Å². The molecule has 22 heavy (non-hydrogen) atoms. The largest absolute Gasteiger partial charge is 0.334 e. The third kappa shape index (κ3) is 2.73. The lowest BCUT2D eigenvalue weighted by molar-refractivity contribution is -0.111. The average molecular weight is 297 g/mol. The molecule has 0 bridgehead atoms. The van der Waals surface area contributed by atoms with Gasteiger partial charge in [-0.05, 0) is 30.3 Å². The predicted molar refractivity (Wildman–Crippen MR) is 80.2 cm³/mol. The van der Waals surface area contributed by atoms with Crippen LogP contribution >= 0.6 is 0 Å². The molecule has 1 aromatic heterocycles. The average Bonchev–Trinajstić information content (AvgIpc) is 3.00. The highest BCUT2D eigenvalue weighted by Gasteiger charge is 2.32. The van der Waals surface area contributed by atoms with Gasteiger partial charge in [0.25, 0.3) is 5.91 Å². The molecule has 2 heterocycles. The fourth-order valence-electron chi connectivity index (χ4n) is 2.28. The molecule has 0 spiro atoms. The zero-order valence-electron chi connectivity index (χ0n) is 11.8. The molecule has 3 rings (SSSR count). The zero-order valence-corrected chi connectivity index (χ0v) is 11.8. The summed E-state index contributed by atoms with van der Waals surface area (Å²) in [5.41, 5.74) is 1.23. The third-order valence-corrected chi connectivity index (χ3v) is 3.59. The van der Waals surface area contributed by atoms with Gasteiger partial charge in [-0.3, -0.25) is 9.59 Å². The first kappa shape index (κ1) is 14.0. The first-order valence-corrected chi connectivity index (χ1v) is 6.84. The van der Waals surface area contributed by atoms with Crippen LogP contribution in [0.15, 0.2) is 49.6 Å². The molecule has 2 amide bonds. The van der Waals surface area contributed by atoms with E-state index < -0.39 is 0 Å². The molecule has 1 aliphatic heterocycles. The second-order valence-corrected chi connectivity index (χ2v) is 5.04.